The largest absolute Gasteiger partial charge is 0.481 e. The molecule has 0 aliphatic heterocycles. The lowest BCUT2D eigenvalue weighted by atomic mass is 10.1. The van der Waals surface area contributed by atoms with Gasteiger partial charge in [-0.1, -0.05) is 54.6 Å². The van der Waals surface area contributed by atoms with Crippen molar-refractivity contribution >= 4 is 23.8 Å². The number of benzene rings is 2. The third-order valence-corrected chi connectivity index (χ3v) is 4.92. The van der Waals surface area contributed by atoms with Crippen LogP contribution in [0.15, 0.2) is 54.6 Å². The van der Waals surface area contributed by atoms with Gasteiger partial charge in [0.05, 0.1) is 0 Å². The highest BCUT2D eigenvalue weighted by atomic mass is 16.5. The molecule has 0 unspecified atom stereocenters. The molecule has 176 valence electrons. The Morgan fingerprint density at radius 3 is 2.33 bits per heavy atom. The summed E-state index contributed by atoms with van der Waals surface area (Å²) in [7, 11) is 0. The van der Waals surface area contributed by atoms with E-state index in [2.05, 4.69) is 10.6 Å². The minimum atomic E-state index is -1.05. The average molecular weight is 455 g/mol. The van der Waals surface area contributed by atoms with Gasteiger partial charge >= 0.3 is 12.1 Å². The van der Waals surface area contributed by atoms with Crippen molar-refractivity contribution in [2.75, 3.05) is 6.54 Å². The van der Waals surface area contributed by atoms with Gasteiger partial charge in [-0.15, -0.1) is 0 Å². The van der Waals surface area contributed by atoms with Crippen LogP contribution in [-0.4, -0.2) is 41.5 Å². The fraction of sp³-hybridized carbons (Fsp3) is 0.333. The maximum absolute atomic E-state index is 12.5. The molecule has 9 heteroatoms. The van der Waals surface area contributed by atoms with Gasteiger partial charge in [0.25, 0.3) is 0 Å². The molecule has 2 aromatic carbocycles. The molecule has 0 saturated carbocycles. The third kappa shape index (κ3) is 9.86. The Morgan fingerprint density at radius 1 is 1.00 bits per heavy atom. The zero-order chi connectivity index (χ0) is 24.1. The van der Waals surface area contributed by atoms with Gasteiger partial charge in [-0.3, -0.25) is 15.0 Å². The van der Waals surface area contributed by atoms with E-state index in [1.54, 1.807) is 24.3 Å². The number of hydrogen-bond acceptors (Lipinski definition) is 5. The maximum Gasteiger partial charge on any atom is 0.408 e. The molecule has 2 rings (SSSR count). The second-order valence-corrected chi connectivity index (χ2v) is 7.55. The first-order chi connectivity index (χ1) is 15.8. The number of alkyl carbamates (subject to hydrolysis) is 1. The lowest BCUT2D eigenvalue weighted by Crippen LogP contribution is -2.47. The van der Waals surface area contributed by atoms with Crippen LogP contribution in [0.5, 0.6) is 0 Å². The summed E-state index contributed by atoms with van der Waals surface area (Å²) in [5.41, 5.74) is 8.02. The van der Waals surface area contributed by atoms with Gasteiger partial charge < -0.3 is 26.2 Å². The minimum absolute atomic E-state index is 0.0271. The lowest BCUT2D eigenvalue weighted by Gasteiger charge is -2.18. The Labute approximate surface area is 192 Å². The second kappa shape index (κ2) is 13.5. The summed E-state index contributed by atoms with van der Waals surface area (Å²) < 4.78 is 5.13. The molecule has 0 aromatic heterocycles. The van der Waals surface area contributed by atoms with Gasteiger partial charge in [0.2, 0.25) is 5.91 Å². The first-order valence-corrected chi connectivity index (χ1v) is 10.7. The van der Waals surface area contributed by atoms with Crippen molar-refractivity contribution in [2.45, 2.75) is 44.8 Å². The van der Waals surface area contributed by atoms with E-state index in [9.17, 15) is 14.4 Å². The molecule has 0 saturated heterocycles. The summed E-state index contributed by atoms with van der Waals surface area (Å²) in [6, 6.07) is 15.5. The molecule has 9 nitrogen and oxygen atoms in total. The number of nitrogens with two attached hydrogens (primary N) is 1. The number of unbranched alkanes of at least 4 members (excludes halogenated alkanes) is 1. The molecule has 0 heterocycles. The van der Waals surface area contributed by atoms with Gasteiger partial charge in [-0.05, 0) is 36.8 Å². The van der Waals surface area contributed by atoms with Crippen LogP contribution < -0.4 is 16.4 Å². The fourth-order valence-corrected chi connectivity index (χ4v) is 3.08. The normalized spacial score (nSPS) is 11.3. The number of amidine groups is 1. The molecule has 0 spiro atoms. The van der Waals surface area contributed by atoms with Crippen LogP contribution in [-0.2, 0) is 27.4 Å². The molecule has 6 N–H and O–H groups in total. The van der Waals surface area contributed by atoms with E-state index in [1.807, 2.05) is 30.3 Å². The van der Waals surface area contributed by atoms with Crippen molar-refractivity contribution in [3.8, 4) is 0 Å². The van der Waals surface area contributed by atoms with Crippen molar-refractivity contribution < 1.29 is 24.2 Å². The van der Waals surface area contributed by atoms with Crippen LogP contribution in [0.3, 0.4) is 0 Å². The first kappa shape index (κ1) is 25.4. The third-order valence-electron chi connectivity index (χ3n) is 4.92. The van der Waals surface area contributed by atoms with E-state index >= 15 is 0 Å². The Hall–Kier alpha value is -3.88. The number of carboxylic acid groups (broad SMARTS) is 1. The number of hydrogen-bond donors (Lipinski definition) is 5. The van der Waals surface area contributed by atoms with Crippen molar-refractivity contribution in [2.24, 2.45) is 5.73 Å². The highest BCUT2D eigenvalue weighted by Crippen LogP contribution is 2.08. The van der Waals surface area contributed by atoms with Gasteiger partial charge in [-0.2, -0.15) is 0 Å². The Balaban J connectivity index is 1.75. The van der Waals surface area contributed by atoms with Crippen molar-refractivity contribution in [3.63, 3.8) is 0 Å². The Bertz CT molecular complexity index is 932. The monoisotopic (exact) mass is 454 g/mol. The summed E-state index contributed by atoms with van der Waals surface area (Å²) in [5, 5.41) is 21.5. The molecule has 2 aromatic rings. The van der Waals surface area contributed by atoms with Crippen molar-refractivity contribution in [3.05, 3.63) is 71.3 Å². The van der Waals surface area contributed by atoms with Crippen LogP contribution in [0.4, 0.5) is 4.79 Å². The highest BCUT2D eigenvalue weighted by molar-refractivity contribution is 5.94. The quantitative estimate of drug-likeness (QED) is 0.178. The van der Waals surface area contributed by atoms with Crippen LogP contribution in [0.2, 0.25) is 0 Å². The Morgan fingerprint density at radius 2 is 1.70 bits per heavy atom. The van der Waals surface area contributed by atoms with Gasteiger partial charge in [0.15, 0.2) is 0 Å². The predicted octanol–water partition coefficient (Wildman–Crippen LogP) is 2.57. The van der Waals surface area contributed by atoms with Crippen molar-refractivity contribution in [1.82, 2.24) is 10.6 Å². The number of aliphatic carboxylic acids is 1. The zero-order valence-electron chi connectivity index (χ0n) is 18.4. The van der Waals surface area contributed by atoms with E-state index in [-0.39, 0.29) is 25.3 Å². The molecular weight excluding hydrogens is 424 g/mol. The molecule has 0 aliphatic carbocycles. The number of carboxylic acids is 1. The molecule has 0 bridgehead atoms. The maximum atomic E-state index is 12.5. The first-order valence-electron chi connectivity index (χ1n) is 10.7. The Kier molecular flexibility index (Phi) is 10.4. The average Bonchev–Trinajstić information content (AvgIpc) is 2.81. The summed E-state index contributed by atoms with van der Waals surface area (Å²) in [6.07, 6.45) is 1.27. The molecule has 1 atom stereocenters. The zero-order valence-corrected chi connectivity index (χ0v) is 18.4. The van der Waals surface area contributed by atoms with Crippen LogP contribution in [0.25, 0.3) is 0 Å². The standard InChI is InChI=1S/C24H30N4O5/c25-22(26)19-11-9-17(10-12-19)6-4-5-15-27-23(31)20(13-14-21(29)30)28-24(32)33-16-18-7-2-1-3-8-18/h1-3,7-12,20H,4-6,13-16H2,(H3,25,26)(H,27,31)(H,28,32)(H,29,30)/t20-/m1/s1. The van der Waals surface area contributed by atoms with Crippen LogP contribution in [0.1, 0.15) is 42.4 Å². The summed E-state index contributed by atoms with van der Waals surface area (Å²) in [4.78, 5) is 35.5. The van der Waals surface area contributed by atoms with E-state index < -0.39 is 24.0 Å². The van der Waals surface area contributed by atoms with Crippen molar-refractivity contribution in [1.29, 1.82) is 5.41 Å². The SMILES string of the molecule is N=C(N)c1ccc(CCCCNC(=O)[C@@H](CCC(=O)O)NC(=O)OCc2ccccc2)cc1. The fourth-order valence-electron chi connectivity index (χ4n) is 3.08. The number of aryl methyl sites for hydroxylation is 1. The summed E-state index contributed by atoms with van der Waals surface area (Å²) >= 11 is 0. The molecule has 0 fully saturated rings. The van der Waals surface area contributed by atoms with Crippen LogP contribution >= 0.6 is 0 Å². The number of rotatable bonds is 13. The van der Waals surface area contributed by atoms with Crippen LogP contribution in [0, 0.1) is 5.41 Å². The number of carbonyl (C=O) groups is 3. The second-order valence-electron chi connectivity index (χ2n) is 7.55. The van der Waals surface area contributed by atoms with Gasteiger partial charge in [0, 0.05) is 18.5 Å². The molecule has 0 radical (unpaired) electrons. The lowest BCUT2D eigenvalue weighted by molar-refractivity contribution is -0.137. The smallest absolute Gasteiger partial charge is 0.408 e. The highest BCUT2D eigenvalue weighted by Gasteiger charge is 2.22. The van der Waals surface area contributed by atoms with E-state index in [1.165, 1.54) is 0 Å². The number of amides is 2. The number of nitrogens with one attached hydrogen (secondary N) is 3. The molecular formula is C24H30N4O5. The molecule has 0 aliphatic rings. The minimum Gasteiger partial charge on any atom is -0.481 e. The van der Waals surface area contributed by atoms with E-state index in [4.69, 9.17) is 21.0 Å². The summed E-state index contributed by atoms with van der Waals surface area (Å²) in [5.74, 6) is -1.47. The van der Waals surface area contributed by atoms with Gasteiger partial charge in [0.1, 0.15) is 18.5 Å². The molecule has 2 amide bonds. The van der Waals surface area contributed by atoms with E-state index in [0.29, 0.717) is 18.5 Å². The number of ether oxygens (including phenoxy) is 1. The number of carbonyl (C=O) groups excluding carboxylic acids is 2. The predicted molar refractivity (Wildman–Crippen MR) is 124 cm³/mol. The molecule has 33 heavy (non-hydrogen) atoms. The van der Waals surface area contributed by atoms with Gasteiger partial charge in [-0.25, -0.2) is 4.79 Å². The topological polar surface area (TPSA) is 155 Å². The van der Waals surface area contributed by atoms with E-state index in [0.717, 1.165) is 24.0 Å². The number of nitrogen functional groups attached to an aromatic ring is 1. The summed E-state index contributed by atoms with van der Waals surface area (Å²) in [6.45, 7) is 0.446.